The Kier molecular flexibility index (Phi) is 6.42. The maximum absolute atomic E-state index is 8.51. The van der Waals surface area contributed by atoms with Gasteiger partial charge in [-0.25, -0.2) is 0 Å². The van der Waals surface area contributed by atoms with Gasteiger partial charge in [0.05, 0.1) is 0 Å². The first-order valence-corrected chi connectivity index (χ1v) is 5.23. The fraction of sp³-hybridized carbons (Fsp3) is 0.818. The van der Waals surface area contributed by atoms with Crippen LogP contribution in [0.2, 0.25) is 0 Å². The van der Waals surface area contributed by atoms with E-state index in [2.05, 4.69) is 11.8 Å². The second kappa shape index (κ2) is 7.81. The molecule has 0 aromatic rings. The minimum atomic E-state index is -0.0455. The summed E-state index contributed by atoms with van der Waals surface area (Å²) in [5.41, 5.74) is 0. The minimum absolute atomic E-state index is 0.0455. The molecule has 0 spiro atoms. The van der Waals surface area contributed by atoms with E-state index in [0.29, 0.717) is 6.61 Å². The molecule has 3 heteroatoms. The van der Waals surface area contributed by atoms with E-state index in [1.165, 1.54) is 6.42 Å². The summed E-state index contributed by atoms with van der Waals surface area (Å²) in [5.74, 6) is 5.84. The Hall–Kier alpha value is -0.560. The molecule has 0 amide bonds. The van der Waals surface area contributed by atoms with E-state index in [-0.39, 0.29) is 12.9 Å². The highest BCUT2D eigenvalue weighted by molar-refractivity contribution is 4.98. The molecule has 1 atom stereocenters. The Morgan fingerprint density at radius 1 is 1.36 bits per heavy atom. The quantitative estimate of drug-likeness (QED) is 0.546. The van der Waals surface area contributed by atoms with Gasteiger partial charge in [-0.3, -0.25) is 0 Å². The molecule has 1 rings (SSSR count). The molecule has 1 aliphatic rings. The number of unbranched alkanes of at least 4 members (excludes halogenated alkanes) is 1. The zero-order valence-corrected chi connectivity index (χ0v) is 8.50. The van der Waals surface area contributed by atoms with E-state index in [1.807, 2.05) is 0 Å². The molecule has 1 unspecified atom stereocenters. The number of hydrogen-bond acceptors (Lipinski definition) is 3. The van der Waals surface area contributed by atoms with Crippen LogP contribution in [0.15, 0.2) is 0 Å². The first kappa shape index (κ1) is 11.5. The Bertz CT molecular complexity index is 186. The van der Waals surface area contributed by atoms with Crippen molar-refractivity contribution in [2.45, 2.75) is 38.4 Å². The number of aliphatic hydroxyl groups excluding tert-OH is 1. The van der Waals surface area contributed by atoms with E-state index >= 15 is 0 Å². The number of rotatable bonds is 4. The second-order valence-corrected chi connectivity index (χ2v) is 3.29. The van der Waals surface area contributed by atoms with Gasteiger partial charge in [-0.05, 0) is 25.7 Å². The maximum atomic E-state index is 8.51. The fourth-order valence-electron chi connectivity index (χ4n) is 1.28. The number of hydrogen-bond donors (Lipinski definition) is 1. The Morgan fingerprint density at radius 3 is 3.00 bits per heavy atom. The molecule has 80 valence electrons. The number of ether oxygens (including phenoxy) is 2. The summed E-state index contributed by atoms with van der Waals surface area (Å²) in [4.78, 5) is 0. The molecule has 0 saturated carbocycles. The van der Waals surface area contributed by atoms with E-state index in [9.17, 15) is 0 Å². The molecule has 1 heterocycles. The zero-order chi connectivity index (χ0) is 10.1. The Balaban J connectivity index is 1.98. The minimum Gasteiger partial charge on any atom is -0.396 e. The average molecular weight is 198 g/mol. The lowest BCUT2D eigenvalue weighted by Gasteiger charge is -2.21. The van der Waals surface area contributed by atoms with Gasteiger partial charge in [0.25, 0.3) is 0 Å². The average Bonchev–Trinajstić information content (AvgIpc) is 2.25. The molecule has 1 saturated heterocycles. The molecule has 0 radical (unpaired) electrons. The third kappa shape index (κ3) is 5.23. The molecule has 14 heavy (non-hydrogen) atoms. The molecule has 3 nitrogen and oxygen atoms in total. The van der Waals surface area contributed by atoms with Gasteiger partial charge < -0.3 is 14.6 Å². The first-order valence-electron chi connectivity index (χ1n) is 5.23. The van der Waals surface area contributed by atoms with Gasteiger partial charge in [-0.2, -0.15) is 0 Å². The highest BCUT2D eigenvalue weighted by atomic mass is 16.7. The first-order chi connectivity index (χ1) is 6.93. The van der Waals surface area contributed by atoms with Crippen LogP contribution in [0.3, 0.4) is 0 Å². The van der Waals surface area contributed by atoms with Crippen molar-refractivity contribution in [3.63, 3.8) is 0 Å². The van der Waals surface area contributed by atoms with Crippen molar-refractivity contribution in [2.24, 2.45) is 0 Å². The van der Waals surface area contributed by atoms with Crippen LogP contribution in [0.5, 0.6) is 0 Å². The highest BCUT2D eigenvalue weighted by Crippen LogP contribution is 2.12. The molecule has 1 fully saturated rings. The molecule has 1 aliphatic heterocycles. The Labute approximate surface area is 85.4 Å². The third-order valence-electron chi connectivity index (χ3n) is 2.06. The number of aliphatic hydroxyl groups is 1. The summed E-state index contributed by atoms with van der Waals surface area (Å²) in [6.45, 7) is 1.46. The predicted octanol–water partition coefficient (Wildman–Crippen LogP) is 1.31. The molecule has 0 aromatic carbocycles. The van der Waals surface area contributed by atoms with Gasteiger partial charge >= 0.3 is 0 Å². The van der Waals surface area contributed by atoms with Crippen LogP contribution < -0.4 is 0 Å². The largest absolute Gasteiger partial charge is 0.396 e. The molecular weight excluding hydrogens is 180 g/mol. The molecule has 0 aromatic heterocycles. The second-order valence-electron chi connectivity index (χ2n) is 3.29. The van der Waals surface area contributed by atoms with Crippen molar-refractivity contribution < 1.29 is 14.6 Å². The van der Waals surface area contributed by atoms with Gasteiger partial charge in [0.1, 0.15) is 6.61 Å². The SMILES string of the molecule is OCCCC#CCOC1CCCCO1. The summed E-state index contributed by atoms with van der Waals surface area (Å²) in [5, 5.41) is 8.51. The van der Waals surface area contributed by atoms with Crippen molar-refractivity contribution in [1.29, 1.82) is 0 Å². The molecule has 0 aliphatic carbocycles. The van der Waals surface area contributed by atoms with Crippen molar-refractivity contribution in [3.05, 3.63) is 0 Å². The van der Waals surface area contributed by atoms with Gasteiger partial charge in [-0.15, -0.1) is 5.92 Å². The maximum Gasteiger partial charge on any atom is 0.158 e. The highest BCUT2D eigenvalue weighted by Gasteiger charge is 2.12. The lowest BCUT2D eigenvalue weighted by atomic mass is 10.2. The van der Waals surface area contributed by atoms with Crippen LogP contribution in [0, 0.1) is 11.8 Å². The van der Waals surface area contributed by atoms with Crippen LogP contribution in [-0.4, -0.2) is 31.2 Å². The smallest absolute Gasteiger partial charge is 0.158 e. The van der Waals surface area contributed by atoms with Crippen LogP contribution in [-0.2, 0) is 9.47 Å². The summed E-state index contributed by atoms with van der Waals surface area (Å²) in [6.07, 6.45) is 4.75. The predicted molar refractivity (Wildman–Crippen MR) is 53.6 cm³/mol. The monoisotopic (exact) mass is 198 g/mol. The van der Waals surface area contributed by atoms with Crippen LogP contribution >= 0.6 is 0 Å². The normalized spacial score (nSPS) is 21.4. The summed E-state index contributed by atoms with van der Waals surface area (Å²) < 4.78 is 10.8. The van der Waals surface area contributed by atoms with E-state index in [4.69, 9.17) is 14.6 Å². The van der Waals surface area contributed by atoms with E-state index in [0.717, 1.165) is 32.3 Å². The summed E-state index contributed by atoms with van der Waals surface area (Å²) >= 11 is 0. The van der Waals surface area contributed by atoms with Gasteiger partial charge in [0, 0.05) is 19.6 Å². The Morgan fingerprint density at radius 2 is 2.29 bits per heavy atom. The molecular formula is C11H18O3. The van der Waals surface area contributed by atoms with Crippen LogP contribution in [0.1, 0.15) is 32.1 Å². The molecule has 0 bridgehead atoms. The van der Waals surface area contributed by atoms with Crippen molar-refractivity contribution in [1.82, 2.24) is 0 Å². The van der Waals surface area contributed by atoms with Crippen molar-refractivity contribution in [2.75, 3.05) is 19.8 Å². The zero-order valence-electron chi connectivity index (χ0n) is 8.50. The van der Waals surface area contributed by atoms with E-state index < -0.39 is 0 Å². The van der Waals surface area contributed by atoms with Gasteiger partial charge in [-0.1, -0.05) is 5.92 Å². The van der Waals surface area contributed by atoms with Gasteiger partial charge in [0.2, 0.25) is 0 Å². The van der Waals surface area contributed by atoms with Gasteiger partial charge in [0.15, 0.2) is 6.29 Å². The van der Waals surface area contributed by atoms with Crippen molar-refractivity contribution >= 4 is 0 Å². The van der Waals surface area contributed by atoms with Crippen LogP contribution in [0.25, 0.3) is 0 Å². The summed E-state index contributed by atoms with van der Waals surface area (Å²) in [6, 6.07) is 0. The van der Waals surface area contributed by atoms with Crippen molar-refractivity contribution in [3.8, 4) is 11.8 Å². The fourth-order valence-corrected chi connectivity index (χ4v) is 1.28. The molecule has 1 N–H and O–H groups in total. The topological polar surface area (TPSA) is 38.7 Å². The van der Waals surface area contributed by atoms with Crippen LogP contribution in [0.4, 0.5) is 0 Å². The summed E-state index contributed by atoms with van der Waals surface area (Å²) in [7, 11) is 0. The lowest BCUT2D eigenvalue weighted by molar-refractivity contribution is -0.154. The lowest BCUT2D eigenvalue weighted by Crippen LogP contribution is -2.22. The standard InChI is InChI=1S/C11H18O3/c12-8-4-1-2-5-9-13-11-7-3-6-10-14-11/h11-12H,1,3-4,6-10H2. The third-order valence-corrected chi connectivity index (χ3v) is 2.06. The van der Waals surface area contributed by atoms with E-state index in [1.54, 1.807) is 0 Å².